The number of carbonyl (C=O) groups excluding carboxylic acids is 1. The lowest BCUT2D eigenvalue weighted by atomic mass is 10.1. The van der Waals surface area contributed by atoms with Crippen LogP contribution in [0.15, 0.2) is 42.7 Å². The molecule has 2 aromatic rings. The monoisotopic (exact) mass is 296 g/mol. The number of carbonyl (C=O) groups is 1. The highest BCUT2D eigenvalue weighted by atomic mass is 16.5. The van der Waals surface area contributed by atoms with Crippen LogP contribution in [0, 0.1) is 13.8 Å². The van der Waals surface area contributed by atoms with Crippen LogP contribution in [-0.4, -0.2) is 35.0 Å². The first-order chi connectivity index (χ1) is 10.6. The van der Waals surface area contributed by atoms with Gasteiger partial charge in [0.2, 0.25) is 0 Å². The molecule has 0 unspecified atom stereocenters. The van der Waals surface area contributed by atoms with Crippen LogP contribution in [0.3, 0.4) is 0 Å². The van der Waals surface area contributed by atoms with E-state index in [1.807, 2.05) is 42.2 Å². The minimum absolute atomic E-state index is 0.0536. The summed E-state index contributed by atoms with van der Waals surface area (Å²) in [7, 11) is 0. The quantitative estimate of drug-likeness (QED) is 0.874. The van der Waals surface area contributed by atoms with E-state index < -0.39 is 0 Å². The van der Waals surface area contributed by atoms with Gasteiger partial charge in [0.05, 0.1) is 6.54 Å². The largest absolute Gasteiger partial charge is 0.488 e. The first-order valence-electron chi connectivity index (χ1n) is 7.56. The molecule has 4 nitrogen and oxygen atoms in total. The van der Waals surface area contributed by atoms with Crippen LogP contribution in [0.2, 0.25) is 0 Å². The second kappa shape index (κ2) is 6.18. The molecule has 1 aliphatic rings. The van der Waals surface area contributed by atoms with Crippen LogP contribution in [0.4, 0.5) is 0 Å². The van der Waals surface area contributed by atoms with Gasteiger partial charge in [0.25, 0.3) is 5.91 Å². The molecule has 1 atom stereocenters. The van der Waals surface area contributed by atoms with E-state index in [-0.39, 0.29) is 12.0 Å². The smallest absolute Gasteiger partial charge is 0.253 e. The number of likely N-dealkylation sites (tertiary alicyclic amines) is 1. The van der Waals surface area contributed by atoms with Gasteiger partial charge >= 0.3 is 0 Å². The number of benzene rings is 1. The highest BCUT2D eigenvalue weighted by molar-refractivity contribution is 5.94. The molecular formula is C18H20N2O2. The van der Waals surface area contributed by atoms with Crippen LogP contribution in [0.1, 0.15) is 27.9 Å². The first-order valence-corrected chi connectivity index (χ1v) is 7.56. The number of hydrogen-bond donors (Lipinski definition) is 0. The van der Waals surface area contributed by atoms with Gasteiger partial charge in [-0.15, -0.1) is 0 Å². The highest BCUT2D eigenvalue weighted by Gasteiger charge is 2.28. The number of rotatable bonds is 3. The molecule has 0 aliphatic carbocycles. The Bertz CT molecular complexity index is 670. The number of aromatic nitrogens is 1. The van der Waals surface area contributed by atoms with Gasteiger partial charge in [0, 0.05) is 30.9 Å². The van der Waals surface area contributed by atoms with Gasteiger partial charge < -0.3 is 9.64 Å². The minimum atomic E-state index is 0.0536. The lowest BCUT2D eigenvalue weighted by Gasteiger charge is -2.18. The summed E-state index contributed by atoms with van der Waals surface area (Å²) < 4.78 is 5.90. The normalized spacial score (nSPS) is 17.5. The molecule has 3 rings (SSSR count). The summed E-state index contributed by atoms with van der Waals surface area (Å²) in [6.45, 7) is 5.46. The average Bonchev–Trinajstić information content (AvgIpc) is 2.99. The van der Waals surface area contributed by atoms with E-state index in [0.717, 1.165) is 29.8 Å². The van der Waals surface area contributed by atoms with Crippen molar-refractivity contribution in [2.45, 2.75) is 26.4 Å². The van der Waals surface area contributed by atoms with E-state index in [0.29, 0.717) is 6.54 Å². The molecule has 0 N–H and O–H groups in total. The maximum absolute atomic E-state index is 12.6. The van der Waals surface area contributed by atoms with Crippen molar-refractivity contribution in [3.8, 4) is 5.75 Å². The summed E-state index contributed by atoms with van der Waals surface area (Å²) >= 11 is 0. The van der Waals surface area contributed by atoms with Crippen LogP contribution in [-0.2, 0) is 0 Å². The molecule has 1 fully saturated rings. The van der Waals surface area contributed by atoms with E-state index in [1.165, 1.54) is 5.56 Å². The van der Waals surface area contributed by atoms with Crippen molar-refractivity contribution in [1.82, 2.24) is 9.88 Å². The van der Waals surface area contributed by atoms with Crippen LogP contribution >= 0.6 is 0 Å². The summed E-state index contributed by atoms with van der Waals surface area (Å²) in [6, 6.07) is 9.56. The fourth-order valence-corrected chi connectivity index (χ4v) is 2.68. The molecule has 4 heteroatoms. The Morgan fingerprint density at radius 1 is 1.18 bits per heavy atom. The van der Waals surface area contributed by atoms with E-state index >= 15 is 0 Å². The third-order valence-electron chi connectivity index (χ3n) is 4.14. The maximum atomic E-state index is 12.6. The number of aryl methyl sites for hydroxylation is 2. The highest BCUT2D eigenvalue weighted by Crippen LogP contribution is 2.20. The zero-order valence-electron chi connectivity index (χ0n) is 13.0. The lowest BCUT2D eigenvalue weighted by Crippen LogP contribution is -2.31. The van der Waals surface area contributed by atoms with Crippen LogP contribution in [0.5, 0.6) is 5.75 Å². The summed E-state index contributed by atoms with van der Waals surface area (Å²) in [5, 5.41) is 0. The summed E-state index contributed by atoms with van der Waals surface area (Å²) in [6.07, 6.45) is 4.33. The summed E-state index contributed by atoms with van der Waals surface area (Å²) in [5.41, 5.74) is 3.11. The van der Waals surface area contributed by atoms with Crippen molar-refractivity contribution in [1.29, 1.82) is 0 Å². The molecule has 1 aromatic carbocycles. The van der Waals surface area contributed by atoms with Crippen LogP contribution < -0.4 is 4.74 Å². The predicted molar refractivity (Wildman–Crippen MR) is 85.1 cm³/mol. The molecule has 1 amide bonds. The molecule has 2 heterocycles. The van der Waals surface area contributed by atoms with Crippen molar-refractivity contribution in [3.05, 3.63) is 59.4 Å². The van der Waals surface area contributed by atoms with Gasteiger partial charge in [0.1, 0.15) is 11.9 Å². The molecule has 22 heavy (non-hydrogen) atoms. The number of amides is 1. The lowest BCUT2D eigenvalue weighted by molar-refractivity contribution is 0.0772. The molecule has 1 aliphatic heterocycles. The first kappa shape index (κ1) is 14.6. The SMILES string of the molecule is Cc1ccc(C(=O)N2CC[C@@H](Oc3ccncc3)C2)cc1C. The standard InChI is InChI=1S/C18H20N2O2/c1-13-3-4-15(11-14(13)2)18(21)20-10-7-17(12-20)22-16-5-8-19-9-6-16/h3-6,8-9,11,17H,7,10,12H2,1-2H3/t17-/m1/s1. The van der Waals surface area contributed by atoms with E-state index in [1.54, 1.807) is 12.4 Å². The fraction of sp³-hybridized carbons (Fsp3) is 0.333. The molecule has 0 saturated carbocycles. The second-order valence-electron chi connectivity index (χ2n) is 5.76. The Kier molecular flexibility index (Phi) is 4.09. The van der Waals surface area contributed by atoms with Gasteiger partial charge in [0.15, 0.2) is 0 Å². The van der Waals surface area contributed by atoms with Crippen LogP contribution in [0.25, 0.3) is 0 Å². The zero-order valence-corrected chi connectivity index (χ0v) is 13.0. The third-order valence-corrected chi connectivity index (χ3v) is 4.14. The fourth-order valence-electron chi connectivity index (χ4n) is 2.68. The van der Waals surface area contributed by atoms with Gasteiger partial charge in [-0.05, 0) is 49.2 Å². The van der Waals surface area contributed by atoms with Crippen molar-refractivity contribution >= 4 is 5.91 Å². The molecule has 0 radical (unpaired) electrons. The molecule has 0 bridgehead atoms. The van der Waals surface area contributed by atoms with Gasteiger partial charge in [-0.2, -0.15) is 0 Å². The van der Waals surface area contributed by atoms with E-state index in [9.17, 15) is 4.79 Å². The molecular weight excluding hydrogens is 276 g/mol. The van der Waals surface area contributed by atoms with Crippen molar-refractivity contribution in [2.24, 2.45) is 0 Å². The van der Waals surface area contributed by atoms with Gasteiger partial charge in [-0.3, -0.25) is 9.78 Å². The third kappa shape index (κ3) is 3.11. The van der Waals surface area contributed by atoms with Gasteiger partial charge in [-0.1, -0.05) is 6.07 Å². The Morgan fingerprint density at radius 2 is 1.95 bits per heavy atom. The molecule has 1 saturated heterocycles. The number of pyridine rings is 1. The Balaban J connectivity index is 1.64. The number of hydrogen-bond acceptors (Lipinski definition) is 3. The molecule has 114 valence electrons. The van der Waals surface area contributed by atoms with Gasteiger partial charge in [-0.25, -0.2) is 0 Å². The van der Waals surface area contributed by atoms with Crippen molar-refractivity contribution in [2.75, 3.05) is 13.1 Å². The Morgan fingerprint density at radius 3 is 2.68 bits per heavy atom. The zero-order chi connectivity index (χ0) is 15.5. The predicted octanol–water partition coefficient (Wildman–Crippen LogP) is 2.99. The number of ether oxygens (including phenoxy) is 1. The summed E-state index contributed by atoms with van der Waals surface area (Å²) in [5.74, 6) is 0.893. The summed E-state index contributed by atoms with van der Waals surface area (Å²) in [4.78, 5) is 18.4. The second-order valence-corrected chi connectivity index (χ2v) is 5.76. The topological polar surface area (TPSA) is 42.4 Å². The Labute approximate surface area is 130 Å². The van der Waals surface area contributed by atoms with Crippen molar-refractivity contribution in [3.63, 3.8) is 0 Å². The molecule has 1 aromatic heterocycles. The van der Waals surface area contributed by atoms with E-state index in [2.05, 4.69) is 11.9 Å². The maximum Gasteiger partial charge on any atom is 0.253 e. The number of nitrogens with zero attached hydrogens (tertiary/aromatic N) is 2. The van der Waals surface area contributed by atoms with Crippen molar-refractivity contribution < 1.29 is 9.53 Å². The average molecular weight is 296 g/mol. The van der Waals surface area contributed by atoms with E-state index in [4.69, 9.17) is 4.74 Å². The minimum Gasteiger partial charge on any atom is -0.488 e. The molecule has 0 spiro atoms. The Hall–Kier alpha value is -2.36.